The Hall–Kier alpha value is -1.02. The van der Waals surface area contributed by atoms with Gasteiger partial charge in [0.05, 0.1) is 63.1 Å². The van der Waals surface area contributed by atoms with Crippen molar-refractivity contribution in [1.29, 1.82) is 0 Å². The highest BCUT2D eigenvalue weighted by atomic mass is 16.5. The van der Waals surface area contributed by atoms with Crippen LogP contribution in [0.15, 0.2) is 6.20 Å². The average molecular weight is 357 g/mol. The van der Waals surface area contributed by atoms with Crippen molar-refractivity contribution in [3.8, 4) is 0 Å². The lowest BCUT2D eigenvalue weighted by atomic mass is 10.2. The Morgan fingerprint density at radius 3 is 2.00 bits per heavy atom. The van der Waals surface area contributed by atoms with E-state index < -0.39 is 0 Å². The summed E-state index contributed by atoms with van der Waals surface area (Å²) in [5.74, 6) is 0. The van der Waals surface area contributed by atoms with Gasteiger partial charge in [0.2, 0.25) is 0 Å². The molecule has 0 radical (unpaired) electrons. The van der Waals surface area contributed by atoms with E-state index in [1.807, 2.05) is 47.7 Å². The minimum absolute atomic E-state index is 0.116. The summed E-state index contributed by atoms with van der Waals surface area (Å²) in [6, 6.07) is 0. The number of nitrogens with zero attached hydrogens (tertiary/aromatic N) is 3. The van der Waals surface area contributed by atoms with Crippen LogP contribution in [0.5, 0.6) is 0 Å². The molecule has 0 spiro atoms. The first-order chi connectivity index (χ1) is 11.7. The van der Waals surface area contributed by atoms with Gasteiger partial charge in [-0.2, -0.15) is 0 Å². The van der Waals surface area contributed by atoms with E-state index in [0.717, 1.165) is 12.1 Å². The maximum absolute atomic E-state index is 5.69. The van der Waals surface area contributed by atoms with Crippen LogP contribution in [0.2, 0.25) is 0 Å². The smallest absolute Gasteiger partial charge is 0.0850 e. The molecular weight excluding hydrogens is 322 g/mol. The Kier molecular flexibility index (Phi) is 9.56. The molecule has 146 valence electrons. The molecule has 7 heteroatoms. The summed E-state index contributed by atoms with van der Waals surface area (Å²) in [6.07, 6.45) is 2.71. The van der Waals surface area contributed by atoms with E-state index in [1.54, 1.807) is 4.68 Å². The molecule has 0 bridgehead atoms. The van der Waals surface area contributed by atoms with E-state index in [1.165, 1.54) is 0 Å². The Labute approximate surface area is 152 Å². The molecular formula is C18H35N3O4. The zero-order valence-electron chi connectivity index (χ0n) is 16.7. The molecule has 0 unspecified atom stereocenters. The van der Waals surface area contributed by atoms with Gasteiger partial charge in [-0.1, -0.05) is 5.21 Å². The van der Waals surface area contributed by atoms with Crippen LogP contribution < -0.4 is 0 Å². The number of aromatic nitrogens is 3. The van der Waals surface area contributed by atoms with Gasteiger partial charge in [0.1, 0.15) is 0 Å². The average Bonchev–Trinajstić information content (AvgIpc) is 2.91. The molecule has 0 aliphatic heterocycles. The van der Waals surface area contributed by atoms with Crippen molar-refractivity contribution in [3.63, 3.8) is 0 Å². The molecule has 0 fully saturated rings. The summed E-state index contributed by atoms with van der Waals surface area (Å²) in [4.78, 5) is 0. The lowest BCUT2D eigenvalue weighted by Gasteiger charge is -2.19. The summed E-state index contributed by atoms with van der Waals surface area (Å²) >= 11 is 0. The van der Waals surface area contributed by atoms with E-state index in [4.69, 9.17) is 18.9 Å². The van der Waals surface area contributed by atoms with Crippen molar-refractivity contribution in [2.75, 3.05) is 39.6 Å². The van der Waals surface area contributed by atoms with Crippen molar-refractivity contribution in [2.45, 2.75) is 65.7 Å². The van der Waals surface area contributed by atoms with Crippen LogP contribution in [0.25, 0.3) is 0 Å². The lowest BCUT2D eigenvalue weighted by molar-refractivity contribution is -0.0427. The lowest BCUT2D eigenvalue weighted by Crippen LogP contribution is -2.22. The van der Waals surface area contributed by atoms with E-state index in [-0.39, 0.29) is 11.2 Å². The fourth-order valence-electron chi connectivity index (χ4n) is 1.91. The minimum Gasteiger partial charge on any atom is -0.377 e. The fourth-order valence-corrected chi connectivity index (χ4v) is 1.91. The van der Waals surface area contributed by atoms with Crippen molar-refractivity contribution in [1.82, 2.24) is 15.0 Å². The van der Waals surface area contributed by atoms with Crippen molar-refractivity contribution in [2.24, 2.45) is 0 Å². The van der Waals surface area contributed by atoms with Gasteiger partial charge in [-0.05, 0) is 41.5 Å². The van der Waals surface area contributed by atoms with Gasteiger partial charge in [-0.15, -0.1) is 5.10 Å². The molecule has 0 aromatic carbocycles. The molecule has 1 rings (SSSR count). The first kappa shape index (κ1) is 22.0. The summed E-state index contributed by atoms with van der Waals surface area (Å²) in [7, 11) is 0. The molecule has 1 aromatic rings. The van der Waals surface area contributed by atoms with Crippen LogP contribution in [0.3, 0.4) is 0 Å². The number of rotatable bonds is 12. The van der Waals surface area contributed by atoms with Crippen molar-refractivity contribution >= 4 is 0 Å². The third-order valence-corrected chi connectivity index (χ3v) is 3.08. The fraction of sp³-hybridized carbons (Fsp3) is 0.889. The summed E-state index contributed by atoms with van der Waals surface area (Å²) in [5.41, 5.74) is 0.701. The Morgan fingerprint density at radius 1 is 0.800 bits per heavy atom. The third kappa shape index (κ3) is 12.9. The molecule has 0 aliphatic rings. The molecule has 1 heterocycles. The summed E-state index contributed by atoms with van der Waals surface area (Å²) in [5, 5.41) is 8.24. The topological polar surface area (TPSA) is 67.6 Å². The highest BCUT2D eigenvalue weighted by Crippen LogP contribution is 2.07. The molecule has 7 nitrogen and oxygen atoms in total. The SMILES string of the molecule is CC(C)(C)OCCOCCOCCn1cc(CCOC(C)(C)C)nn1. The number of hydrogen-bond acceptors (Lipinski definition) is 6. The molecule has 0 atom stereocenters. The molecule has 0 aliphatic carbocycles. The van der Waals surface area contributed by atoms with Gasteiger partial charge in [0.15, 0.2) is 0 Å². The predicted molar refractivity (Wildman–Crippen MR) is 96.8 cm³/mol. The zero-order chi connectivity index (χ0) is 18.8. The van der Waals surface area contributed by atoms with Crippen LogP contribution in [0, 0.1) is 0 Å². The zero-order valence-corrected chi connectivity index (χ0v) is 16.7. The molecule has 1 aromatic heterocycles. The summed E-state index contributed by atoms with van der Waals surface area (Å²) < 4.78 is 24.1. The first-order valence-electron chi connectivity index (χ1n) is 8.98. The monoisotopic (exact) mass is 357 g/mol. The number of hydrogen-bond donors (Lipinski definition) is 0. The van der Waals surface area contributed by atoms with Gasteiger partial charge in [0, 0.05) is 12.6 Å². The molecule has 0 saturated carbocycles. The van der Waals surface area contributed by atoms with Gasteiger partial charge in [-0.3, -0.25) is 0 Å². The largest absolute Gasteiger partial charge is 0.377 e. The van der Waals surface area contributed by atoms with E-state index >= 15 is 0 Å². The van der Waals surface area contributed by atoms with Crippen LogP contribution in [0.4, 0.5) is 0 Å². The van der Waals surface area contributed by atoms with E-state index in [2.05, 4.69) is 10.3 Å². The normalized spacial score (nSPS) is 12.7. The van der Waals surface area contributed by atoms with Crippen LogP contribution in [-0.4, -0.2) is 65.8 Å². The van der Waals surface area contributed by atoms with Crippen LogP contribution in [0.1, 0.15) is 47.2 Å². The molecule has 0 N–H and O–H groups in total. The van der Waals surface area contributed by atoms with Gasteiger partial charge in [-0.25, -0.2) is 4.68 Å². The maximum atomic E-state index is 5.69. The first-order valence-corrected chi connectivity index (χ1v) is 8.98. The van der Waals surface area contributed by atoms with Crippen molar-refractivity contribution in [3.05, 3.63) is 11.9 Å². The summed E-state index contributed by atoms with van der Waals surface area (Å²) in [6.45, 7) is 16.5. The van der Waals surface area contributed by atoms with Gasteiger partial charge >= 0.3 is 0 Å². The number of ether oxygens (including phenoxy) is 4. The molecule has 0 amide bonds. The van der Waals surface area contributed by atoms with E-state index in [9.17, 15) is 0 Å². The standard InChI is InChI=1S/C18H35N3O4/c1-17(2,3)24-9-7-16-15-21(20-19-16)8-10-22-11-12-23-13-14-25-18(4,5)6/h15H,7-14H2,1-6H3. The Bertz CT molecular complexity index is 464. The predicted octanol–water partition coefficient (Wildman–Crippen LogP) is 2.48. The van der Waals surface area contributed by atoms with Crippen LogP contribution in [-0.2, 0) is 31.9 Å². The third-order valence-electron chi connectivity index (χ3n) is 3.08. The second-order valence-corrected chi connectivity index (χ2v) is 7.87. The Morgan fingerprint density at radius 2 is 1.36 bits per heavy atom. The van der Waals surface area contributed by atoms with Crippen LogP contribution >= 0.6 is 0 Å². The van der Waals surface area contributed by atoms with Gasteiger partial charge in [0.25, 0.3) is 0 Å². The highest BCUT2D eigenvalue weighted by Gasteiger charge is 2.10. The second-order valence-electron chi connectivity index (χ2n) is 7.87. The minimum atomic E-state index is -0.120. The molecule has 0 saturated heterocycles. The van der Waals surface area contributed by atoms with Gasteiger partial charge < -0.3 is 18.9 Å². The highest BCUT2D eigenvalue weighted by molar-refractivity contribution is 4.92. The Balaban J connectivity index is 2.00. The maximum Gasteiger partial charge on any atom is 0.0850 e. The second kappa shape index (κ2) is 10.9. The van der Waals surface area contributed by atoms with E-state index in [0.29, 0.717) is 46.2 Å². The molecule has 25 heavy (non-hydrogen) atoms. The van der Waals surface area contributed by atoms with Crippen molar-refractivity contribution < 1.29 is 18.9 Å². The quantitative estimate of drug-likeness (QED) is 0.535.